The monoisotopic (exact) mass is 188 g/mol. The van der Waals surface area contributed by atoms with E-state index in [4.69, 9.17) is 9.52 Å². The molecule has 0 unspecified atom stereocenters. The maximum Gasteiger partial charge on any atom is 0.132 e. The SMILES string of the molecule is OCc1occc1Cc1ccccc1. The fourth-order valence-electron chi connectivity index (χ4n) is 1.48. The number of aliphatic hydroxyl groups excluding tert-OH is 1. The molecule has 0 spiro atoms. The molecule has 1 N–H and O–H groups in total. The molecule has 2 heteroatoms. The molecular formula is C12H12O2. The van der Waals surface area contributed by atoms with Gasteiger partial charge in [0.15, 0.2) is 0 Å². The molecule has 0 saturated heterocycles. The third-order valence-electron chi connectivity index (χ3n) is 2.22. The summed E-state index contributed by atoms with van der Waals surface area (Å²) in [5, 5.41) is 8.99. The predicted octanol–water partition coefficient (Wildman–Crippen LogP) is 2.36. The average Bonchev–Trinajstić information content (AvgIpc) is 2.67. The molecule has 72 valence electrons. The summed E-state index contributed by atoms with van der Waals surface area (Å²) < 4.78 is 5.14. The van der Waals surface area contributed by atoms with Crippen LogP contribution in [0, 0.1) is 0 Å². The van der Waals surface area contributed by atoms with Crippen molar-refractivity contribution in [3.05, 3.63) is 59.5 Å². The van der Waals surface area contributed by atoms with Crippen LogP contribution in [0.25, 0.3) is 0 Å². The molecule has 0 aliphatic carbocycles. The van der Waals surface area contributed by atoms with Gasteiger partial charge in [0.05, 0.1) is 6.26 Å². The Bertz CT molecular complexity index is 390. The molecule has 0 atom stereocenters. The molecule has 1 aromatic carbocycles. The lowest BCUT2D eigenvalue weighted by Crippen LogP contribution is -1.90. The largest absolute Gasteiger partial charge is 0.467 e. The van der Waals surface area contributed by atoms with E-state index in [1.165, 1.54) is 5.56 Å². The van der Waals surface area contributed by atoms with Gasteiger partial charge < -0.3 is 9.52 Å². The highest BCUT2D eigenvalue weighted by atomic mass is 16.4. The summed E-state index contributed by atoms with van der Waals surface area (Å²) in [5.41, 5.74) is 2.28. The van der Waals surface area contributed by atoms with Gasteiger partial charge in [-0.15, -0.1) is 0 Å². The van der Waals surface area contributed by atoms with E-state index < -0.39 is 0 Å². The fraction of sp³-hybridized carbons (Fsp3) is 0.167. The highest BCUT2D eigenvalue weighted by Gasteiger charge is 2.04. The van der Waals surface area contributed by atoms with Crippen LogP contribution < -0.4 is 0 Å². The highest BCUT2D eigenvalue weighted by Crippen LogP contribution is 2.15. The molecule has 0 aliphatic heterocycles. The molecule has 0 saturated carbocycles. The summed E-state index contributed by atoms with van der Waals surface area (Å²) in [5.74, 6) is 0.661. The van der Waals surface area contributed by atoms with E-state index in [-0.39, 0.29) is 6.61 Å². The van der Waals surface area contributed by atoms with Crippen molar-refractivity contribution >= 4 is 0 Å². The van der Waals surface area contributed by atoms with E-state index in [0.29, 0.717) is 5.76 Å². The van der Waals surface area contributed by atoms with Gasteiger partial charge in [0, 0.05) is 12.0 Å². The number of aliphatic hydroxyl groups is 1. The Hall–Kier alpha value is -1.54. The first-order valence-electron chi connectivity index (χ1n) is 4.60. The van der Waals surface area contributed by atoms with Gasteiger partial charge in [-0.3, -0.25) is 0 Å². The van der Waals surface area contributed by atoms with Crippen molar-refractivity contribution in [3.8, 4) is 0 Å². The Labute approximate surface area is 82.8 Å². The van der Waals surface area contributed by atoms with Crippen LogP contribution in [0.2, 0.25) is 0 Å². The minimum absolute atomic E-state index is 0.0326. The lowest BCUT2D eigenvalue weighted by Gasteiger charge is -1.99. The number of rotatable bonds is 3. The summed E-state index contributed by atoms with van der Waals surface area (Å²) >= 11 is 0. The van der Waals surface area contributed by atoms with Crippen molar-refractivity contribution in [2.24, 2.45) is 0 Å². The van der Waals surface area contributed by atoms with Crippen LogP contribution in [0.4, 0.5) is 0 Å². The first kappa shape index (κ1) is 9.03. The minimum atomic E-state index is -0.0326. The summed E-state index contributed by atoms with van der Waals surface area (Å²) in [6, 6.07) is 12.0. The molecule has 0 fully saturated rings. The third kappa shape index (κ3) is 1.86. The average molecular weight is 188 g/mol. The number of hydrogen-bond acceptors (Lipinski definition) is 2. The first-order chi connectivity index (χ1) is 6.90. The van der Waals surface area contributed by atoms with E-state index in [1.807, 2.05) is 24.3 Å². The molecule has 0 radical (unpaired) electrons. The molecule has 0 aliphatic rings. The molecule has 0 bridgehead atoms. The Morgan fingerprint density at radius 3 is 2.57 bits per heavy atom. The topological polar surface area (TPSA) is 33.4 Å². The van der Waals surface area contributed by atoms with Crippen molar-refractivity contribution in [2.75, 3.05) is 0 Å². The number of hydrogen-bond donors (Lipinski definition) is 1. The summed E-state index contributed by atoms with van der Waals surface area (Å²) in [6.07, 6.45) is 2.43. The van der Waals surface area contributed by atoms with E-state index in [1.54, 1.807) is 6.26 Å². The van der Waals surface area contributed by atoms with Gasteiger partial charge in [-0.25, -0.2) is 0 Å². The van der Waals surface area contributed by atoms with Gasteiger partial charge in [0.1, 0.15) is 12.4 Å². The Morgan fingerprint density at radius 2 is 1.86 bits per heavy atom. The molecular weight excluding hydrogens is 176 g/mol. The zero-order valence-electron chi connectivity index (χ0n) is 7.81. The second kappa shape index (κ2) is 4.11. The summed E-state index contributed by atoms with van der Waals surface area (Å²) in [6.45, 7) is -0.0326. The number of benzene rings is 1. The summed E-state index contributed by atoms with van der Waals surface area (Å²) in [4.78, 5) is 0. The molecule has 0 amide bonds. The van der Waals surface area contributed by atoms with Gasteiger partial charge in [-0.05, 0) is 11.6 Å². The van der Waals surface area contributed by atoms with Crippen molar-refractivity contribution in [2.45, 2.75) is 13.0 Å². The van der Waals surface area contributed by atoms with Crippen LogP contribution in [0.5, 0.6) is 0 Å². The van der Waals surface area contributed by atoms with Crippen molar-refractivity contribution in [1.82, 2.24) is 0 Å². The molecule has 1 aromatic heterocycles. The zero-order chi connectivity index (χ0) is 9.80. The van der Waals surface area contributed by atoms with Gasteiger partial charge in [0.25, 0.3) is 0 Å². The molecule has 2 nitrogen and oxygen atoms in total. The quantitative estimate of drug-likeness (QED) is 0.802. The molecule has 1 heterocycles. The smallest absolute Gasteiger partial charge is 0.132 e. The van der Waals surface area contributed by atoms with Gasteiger partial charge in [0.2, 0.25) is 0 Å². The van der Waals surface area contributed by atoms with Crippen LogP contribution in [0.15, 0.2) is 47.1 Å². The minimum Gasteiger partial charge on any atom is -0.467 e. The summed E-state index contributed by atoms with van der Waals surface area (Å²) in [7, 11) is 0. The van der Waals surface area contributed by atoms with Gasteiger partial charge in [-0.2, -0.15) is 0 Å². The van der Waals surface area contributed by atoms with Gasteiger partial charge >= 0.3 is 0 Å². The van der Waals surface area contributed by atoms with E-state index in [0.717, 1.165) is 12.0 Å². The van der Waals surface area contributed by atoms with E-state index in [9.17, 15) is 0 Å². The van der Waals surface area contributed by atoms with Crippen molar-refractivity contribution in [3.63, 3.8) is 0 Å². The van der Waals surface area contributed by atoms with Crippen molar-refractivity contribution < 1.29 is 9.52 Å². The fourth-order valence-corrected chi connectivity index (χ4v) is 1.48. The van der Waals surface area contributed by atoms with Crippen LogP contribution in [-0.2, 0) is 13.0 Å². The standard InChI is InChI=1S/C12H12O2/c13-9-12-11(6-7-14-12)8-10-4-2-1-3-5-10/h1-7,13H,8-9H2. The Morgan fingerprint density at radius 1 is 1.07 bits per heavy atom. The predicted molar refractivity (Wildman–Crippen MR) is 53.9 cm³/mol. The van der Waals surface area contributed by atoms with Crippen LogP contribution in [-0.4, -0.2) is 5.11 Å². The number of furan rings is 1. The normalized spacial score (nSPS) is 10.4. The Kier molecular flexibility index (Phi) is 2.65. The maximum atomic E-state index is 8.99. The maximum absolute atomic E-state index is 8.99. The second-order valence-corrected chi connectivity index (χ2v) is 3.19. The van der Waals surface area contributed by atoms with E-state index >= 15 is 0 Å². The second-order valence-electron chi connectivity index (χ2n) is 3.19. The van der Waals surface area contributed by atoms with Crippen LogP contribution >= 0.6 is 0 Å². The third-order valence-corrected chi connectivity index (χ3v) is 2.22. The molecule has 2 rings (SSSR count). The van der Waals surface area contributed by atoms with Crippen LogP contribution in [0.1, 0.15) is 16.9 Å². The van der Waals surface area contributed by atoms with E-state index in [2.05, 4.69) is 12.1 Å². The molecule has 2 aromatic rings. The lowest BCUT2D eigenvalue weighted by atomic mass is 10.1. The first-order valence-corrected chi connectivity index (χ1v) is 4.60. The van der Waals surface area contributed by atoms with Gasteiger partial charge in [-0.1, -0.05) is 30.3 Å². The lowest BCUT2D eigenvalue weighted by molar-refractivity contribution is 0.245. The molecule has 14 heavy (non-hydrogen) atoms. The zero-order valence-corrected chi connectivity index (χ0v) is 7.81. The van der Waals surface area contributed by atoms with Crippen molar-refractivity contribution in [1.29, 1.82) is 0 Å². The highest BCUT2D eigenvalue weighted by molar-refractivity contribution is 5.26. The van der Waals surface area contributed by atoms with Crippen LogP contribution in [0.3, 0.4) is 0 Å². The Balaban J connectivity index is 2.19.